The van der Waals surface area contributed by atoms with Crippen LogP contribution in [0, 0.1) is 17.8 Å². The molecule has 0 aromatic heterocycles. The minimum atomic E-state index is -0.640. The number of rotatable bonds is 2. The minimum Gasteiger partial charge on any atom is -0.390 e. The number of aliphatic hydroxyl groups is 2. The van der Waals surface area contributed by atoms with Crippen LogP contribution in [0.5, 0.6) is 0 Å². The molecule has 3 rings (SSSR count). The lowest BCUT2D eigenvalue weighted by atomic mass is 9.70. The second kappa shape index (κ2) is 5.40. The van der Waals surface area contributed by atoms with E-state index in [0.717, 1.165) is 32.1 Å². The van der Waals surface area contributed by atoms with E-state index in [-0.39, 0.29) is 5.92 Å². The van der Waals surface area contributed by atoms with Crippen molar-refractivity contribution in [3.63, 3.8) is 0 Å². The van der Waals surface area contributed by atoms with Crippen LogP contribution in [-0.2, 0) is 6.42 Å². The molecule has 2 N–H and O–H groups in total. The van der Waals surface area contributed by atoms with E-state index in [1.165, 1.54) is 5.56 Å². The zero-order valence-corrected chi connectivity index (χ0v) is 13.3. The van der Waals surface area contributed by atoms with E-state index in [1.54, 1.807) is 0 Å². The van der Waals surface area contributed by atoms with E-state index in [4.69, 9.17) is 0 Å². The third kappa shape index (κ3) is 2.76. The first-order valence-electron chi connectivity index (χ1n) is 8.40. The largest absolute Gasteiger partial charge is 0.390 e. The van der Waals surface area contributed by atoms with Gasteiger partial charge in [0.2, 0.25) is 0 Å². The summed E-state index contributed by atoms with van der Waals surface area (Å²) >= 11 is 0. The van der Waals surface area contributed by atoms with E-state index in [1.807, 2.05) is 13.0 Å². The standard InChI is InChI=1S/C19H28O2/c1-14-8-9-16-10-11-18(2,20)13-17(19(14,16)21)12-15-6-4-3-5-7-15/h3-7,14,16-17,20-21H,8-13H2,1-2H3/t14-,16+,17-,18+,19+/m1/s1. The Hall–Kier alpha value is -0.860. The van der Waals surface area contributed by atoms with Gasteiger partial charge in [-0.15, -0.1) is 0 Å². The zero-order chi connectivity index (χ0) is 15.1. The molecule has 1 aromatic rings. The third-order valence-electron chi connectivity index (χ3n) is 6.09. The van der Waals surface area contributed by atoms with Crippen LogP contribution < -0.4 is 0 Å². The molecular weight excluding hydrogens is 260 g/mol. The van der Waals surface area contributed by atoms with Crippen molar-refractivity contribution in [3.05, 3.63) is 35.9 Å². The molecule has 0 unspecified atom stereocenters. The fourth-order valence-electron chi connectivity index (χ4n) is 4.84. The molecule has 2 nitrogen and oxygen atoms in total. The number of hydrogen-bond acceptors (Lipinski definition) is 2. The van der Waals surface area contributed by atoms with Gasteiger partial charge < -0.3 is 10.2 Å². The van der Waals surface area contributed by atoms with Crippen molar-refractivity contribution < 1.29 is 10.2 Å². The molecule has 21 heavy (non-hydrogen) atoms. The molecule has 2 fully saturated rings. The van der Waals surface area contributed by atoms with Crippen LogP contribution in [0.2, 0.25) is 0 Å². The molecule has 116 valence electrons. The van der Waals surface area contributed by atoms with Crippen molar-refractivity contribution in [2.24, 2.45) is 17.8 Å². The summed E-state index contributed by atoms with van der Waals surface area (Å²) in [5.41, 5.74) is 0.0294. The Kier molecular flexibility index (Phi) is 3.87. The van der Waals surface area contributed by atoms with Gasteiger partial charge in [-0.25, -0.2) is 0 Å². The van der Waals surface area contributed by atoms with Gasteiger partial charge in [-0.05, 0) is 68.8 Å². The monoisotopic (exact) mass is 288 g/mol. The van der Waals surface area contributed by atoms with Crippen molar-refractivity contribution in [1.82, 2.24) is 0 Å². The third-order valence-corrected chi connectivity index (χ3v) is 6.09. The van der Waals surface area contributed by atoms with E-state index >= 15 is 0 Å². The van der Waals surface area contributed by atoms with Gasteiger partial charge in [-0.2, -0.15) is 0 Å². The fourth-order valence-corrected chi connectivity index (χ4v) is 4.84. The number of hydrogen-bond donors (Lipinski definition) is 2. The summed E-state index contributed by atoms with van der Waals surface area (Å²) in [6.07, 6.45) is 5.58. The van der Waals surface area contributed by atoms with Crippen molar-refractivity contribution in [2.75, 3.05) is 0 Å². The van der Waals surface area contributed by atoms with Crippen LogP contribution in [0.15, 0.2) is 30.3 Å². The summed E-state index contributed by atoms with van der Waals surface area (Å²) in [5.74, 6) is 0.847. The maximum absolute atomic E-state index is 11.5. The molecule has 2 saturated carbocycles. The molecule has 2 aliphatic rings. The lowest BCUT2D eigenvalue weighted by Crippen LogP contribution is -2.47. The average Bonchev–Trinajstić information content (AvgIpc) is 2.69. The van der Waals surface area contributed by atoms with E-state index in [2.05, 4.69) is 31.2 Å². The molecule has 2 heteroatoms. The van der Waals surface area contributed by atoms with Crippen molar-refractivity contribution in [3.8, 4) is 0 Å². The van der Waals surface area contributed by atoms with Gasteiger partial charge in [0.15, 0.2) is 0 Å². The molecule has 0 bridgehead atoms. The lowest BCUT2D eigenvalue weighted by Gasteiger charge is -2.41. The minimum absolute atomic E-state index is 0.153. The topological polar surface area (TPSA) is 40.5 Å². The van der Waals surface area contributed by atoms with Gasteiger partial charge in [0.05, 0.1) is 11.2 Å². The molecule has 0 spiro atoms. The van der Waals surface area contributed by atoms with Gasteiger partial charge in [0.1, 0.15) is 0 Å². The van der Waals surface area contributed by atoms with Crippen molar-refractivity contribution in [1.29, 1.82) is 0 Å². The van der Waals surface area contributed by atoms with Crippen LogP contribution in [0.25, 0.3) is 0 Å². The maximum Gasteiger partial charge on any atom is 0.0733 e. The summed E-state index contributed by atoms with van der Waals surface area (Å²) in [7, 11) is 0. The molecular formula is C19H28O2. The normalized spacial score (nSPS) is 43.3. The molecule has 0 saturated heterocycles. The first-order valence-corrected chi connectivity index (χ1v) is 8.40. The van der Waals surface area contributed by atoms with E-state index in [9.17, 15) is 10.2 Å². The second-order valence-corrected chi connectivity index (χ2v) is 7.69. The quantitative estimate of drug-likeness (QED) is 0.873. The highest BCUT2D eigenvalue weighted by molar-refractivity contribution is 5.18. The van der Waals surface area contributed by atoms with Crippen LogP contribution in [0.3, 0.4) is 0 Å². The van der Waals surface area contributed by atoms with Gasteiger partial charge >= 0.3 is 0 Å². The maximum atomic E-state index is 11.5. The summed E-state index contributed by atoms with van der Waals surface area (Å²) in [6.45, 7) is 4.14. The lowest BCUT2D eigenvalue weighted by molar-refractivity contribution is -0.0893. The van der Waals surface area contributed by atoms with Crippen molar-refractivity contribution in [2.45, 2.75) is 63.6 Å². The number of fused-ring (bicyclic) bond motifs is 1. The Morgan fingerprint density at radius 3 is 2.52 bits per heavy atom. The Morgan fingerprint density at radius 2 is 1.81 bits per heavy atom. The number of benzene rings is 1. The average molecular weight is 288 g/mol. The fraction of sp³-hybridized carbons (Fsp3) is 0.684. The smallest absolute Gasteiger partial charge is 0.0733 e. The van der Waals surface area contributed by atoms with Crippen LogP contribution in [-0.4, -0.2) is 21.4 Å². The van der Waals surface area contributed by atoms with Gasteiger partial charge in [0, 0.05) is 0 Å². The highest BCUT2D eigenvalue weighted by Crippen LogP contribution is 2.53. The summed E-state index contributed by atoms with van der Waals surface area (Å²) in [6, 6.07) is 10.4. The van der Waals surface area contributed by atoms with E-state index < -0.39 is 11.2 Å². The summed E-state index contributed by atoms with van der Waals surface area (Å²) < 4.78 is 0. The van der Waals surface area contributed by atoms with E-state index in [0.29, 0.717) is 18.3 Å². The van der Waals surface area contributed by atoms with Crippen molar-refractivity contribution >= 4 is 0 Å². The second-order valence-electron chi connectivity index (χ2n) is 7.69. The van der Waals surface area contributed by atoms with Gasteiger partial charge in [0.25, 0.3) is 0 Å². The Morgan fingerprint density at radius 1 is 1.10 bits per heavy atom. The predicted octanol–water partition coefficient (Wildman–Crippen LogP) is 3.56. The van der Waals surface area contributed by atoms with Crippen LogP contribution in [0.4, 0.5) is 0 Å². The molecule has 1 aromatic carbocycles. The first-order chi connectivity index (χ1) is 9.92. The van der Waals surface area contributed by atoms with Gasteiger partial charge in [-0.3, -0.25) is 0 Å². The Labute approximate surface area is 128 Å². The summed E-state index contributed by atoms with van der Waals surface area (Å²) in [4.78, 5) is 0. The molecule has 0 radical (unpaired) electrons. The molecule has 0 aliphatic heterocycles. The predicted molar refractivity (Wildman–Crippen MR) is 84.9 cm³/mol. The summed E-state index contributed by atoms with van der Waals surface area (Å²) in [5, 5.41) is 22.1. The molecule has 0 heterocycles. The Bertz CT molecular complexity index is 482. The van der Waals surface area contributed by atoms with Crippen LogP contribution >= 0.6 is 0 Å². The molecule has 0 amide bonds. The zero-order valence-electron chi connectivity index (χ0n) is 13.3. The highest BCUT2D eigenvalue weighted by Gasteiger charge is 2.54. The van der Waals surface area contributed by atoms with Gasteiger partial charge in [-0.1, -0.05) is 37.3 Å². The van der Waals surface area contributed by atoms with Crippen LogP contribution in [0.1, 0.15) is 51.5 Å². The SMILES string of the molecule is C[C@@H]1CC[C@H]2CC[C@](C)(O)C[C@@H](Cc3ccccc3)[C@@]21O. The molecule has 2 aliphatic carbocycles. The molecule has 5 atom stereocenters. The highest BCUT2D eigenvalue weighted by atomic mass is 16.3. The first kappa shape index (κ1) is 15.1. The Balaban J connectivity index is 1.92.